The zero-order valence-electron chi connectivity index (χ0n) is 11.5. The molecule has 0 fully saturated rings. The van der Waals surface area contributed by atoms with Crippen molar-refractivity contribution in [1.82, 2.24) is 19.7 Å². The molecule has 1 aromatic heterocycles. The van der Waals surface area contributed by atoms with Gasteiger partial charge < -0.3 is 9.47 Å². The molecule has 1 aliphatic rings. The second-order valence-electron chi connectivity index (χ2n) is 4.95. The van der Waals surface area contributed by atoms with E-state index in [1.807, 2.05) is 10.6 Å². The maximum atomic E-state index is 13.2. The lowest BCUT2D eigenvalue weighted by atomic mass is 10.1. The van der Waals surface area contributed by atoms with Crippen LogP contribution < -0.4 is 0 Å². The van der Waals surface area contributed by atoms with Crippen LogP contribution in [0.2, 0.25) is 0 Å². The lowest BCUT2D eigenvalue weighted by molar-refractivity contribution is -0.127. The third-order valence-corrected chi connectivity index (χ3v) is 3.57. The highest BCUT2D eigenvalue weighted by molar-refractivity contribution is 5.86. The molecule has 1 aromatic carbocycles. The van der Waals surface area contributed by atoms with Gasteiger partial charge in [-0.2, -0.15) is 0 Å². The van der Waals surface area contributed by atoms with Gasteiger partial charge in [-0.25, -0.2) is 4.39 Å². The molecule has 0 spiro atoms. The number of hydrogen-bond donors (Lipinski definition) is 0. The Balaban J connectivity index is 1.80. The first kappa shape index (κ1) is 13.5. The minimum atomic E-state index is -0.256. The van der Waals surface area contributed by atoms with E-state index in [1.54, 1.807) is 11.0 Å². The number of halogens is 1. The Morgan fingerprint density at radius 1 is 1.38 bits per heavy atom. The zero-order valence-corrected chi connectivity index (χ0v) is 11.5. The molecule has 1 amide bonds. The molecule has 0 atom stereocenters. The Labute approximate surface area is 121 Å². The molecule has 0 saturated heterocycles. The Bertz CT molecular complexity index is 695. The normalized spacial score (nSPS) is 13.9. The quantitative estimate of drug-likeness (QED) is 0.804. The molecule has 0 saturated carbocycles. The van der Waals surface area contributed by atoms with Crippen LogP contribution in [-0.4, -0.2) is 32.1 Å². The summed E-state index contributed by atoms with van der Waals surface area (Å²) in [6.45, 7) is 5.17. The van der Waals surface area contributed by atoms with Gasteiger partial charge in [0.05, 0.1) is 6.54 Å². The number of aromatic nitrogens is 3. The minimum Gasteiger partial charge on any atom is -0.330 e. The predicted molar refractivity (Wildman–Crippen MR) is 74.8 cm³/mol. The van der Waals surface area contributed by atoms with Crippen molar-refractivity contribution in [3.05, 3.63) is 59.9 Å². The molecular formula is C15H15FN4O. The molecule has 5 nitrogen and oxygen atoms in total. The summed E-state index contributed by atoms with van der Waals surface area (Å²) in [5.74, 6) is 1.19. The lowest BCUT2D eigenvalue weighted by Gasteiger charge is -2.26. The van der Waals surface area contributed by atoms with Crippen LogP contribution in [0.4, 0.5) is 4.39 Å². The topological polar surface area (TPSA) is 51.0 Å². The van der Waals surface area contributed by atoms with Crippen LogP contribution in [0.3, 0.4) is 0 Å². The maximum Gasteiger partial charge on any atom is 0.246 e. The largest absolute Gasteiger partial charge is 0.330 e. The van der Waals surface area contributed by atoms with Crippen molar-refractivity contribution in [2.45, 2.75) is 19.5 Å². The molecule has 0 N–H and O–H groups in total. The van der Waals surface area contributed by atoms with Crippen LogP contribution in [0, 0.1) is 5.82 Å². The van der Waals surface area contributed by atoms with Gasteiger partial charge in [0.2, 0.25) is 5.91 Å². The molecule has 1 aliphatic heterocycles. The van der Waals surface area contributed by atoms with Crippen molar-refractivity contribution in [2.75, 3.05) is 6.54 Å². The summed E-state index contributed by atoms with van der Waals surface area (Å²) in [5.41, 5.74) is 0.856. The van der Waals surface area contributed by atoms with Gasteiger partial charge >= 0.3 is 0 Å². The number of amides is 1. The third-order valence-electron chi connectivity index (χ3n) is 3.57. The fourth-order valence-corrected chi connectivity index (χ4v) is 2.50. The van der Waals surface area contributed by atoms with E-state index in [9.17, 15) is 9.18 Å². The summed E-state index contributed by atoms with van der Waals surface area (Å²) in [7, 11) is 0. The van der Waals surface area contributed by atoms with Crippen LogP contribution in [0.25, 0.3) is 0 Å². The third kappa shape index (κ3) is 2.69. The zero-order chi connectivity index (χ0) is 14.8. The van der Waals surface area contributed by atoms with Gasteiger partial charge in [-0.1, -0.05) is 18.7 Å². The summed E-state index contributed by atoms with van der Waals surface area (Å²) in [6.07, 6.45) is 1.83. The van der Waals surface area contributed by atoms with E-state index in [-0.39, 0.29) is 11.7 Å². The summed E-state index contributed by atoms with van der Waals surface area (Å²) in [4.78, 5) is 13.3. The van der Waals surface area contributed by atoms with Crippen LogP contribution in [0.5, 0.6) is 0 Å². The molecule has 21 heavy (non-hydrogen) atoms. The Morgan fingerprint density at radius 2 is 2.24 bits per heavy atom. The minimum absolute atomic E-state index is 0.101. The first-order valence-corrected chi connectivity index (χ1v) is 6.74. The second kappa shape index (κ2) is 5.47. The van der Waals surface area contributed by atoms with Crippen LogP contribution in [-0.2, 0) is 24.3 Å². The highest BCUT2D eigenvalue weighted by Gasteiger charge is 2.23. The van der Waals surface area contributed by atoms with E-state index in [1.165, 1.54) is 18.2 Å². The Hall–Kier alpha value is -2.50. The van der Waals surface area contributed by atoms with Crippen LogP contribution in [0.1, 0.15) is 17.2 Å². The molecule has 0 bridgehead atoms. The smallest absolute Gasteiger partial charge is 0.246 e. The number of carbonyl (C=O) groups excluding carboxylic acids is 1. The molecule has 2 heterocycles. The van der Waals surface area contributed by atoms with E-state index in [2.05, 4.69) is 16.8 Å². The molecule has 0 aliphatic carbocycles. The van der Waals surface area contributed by atoms with Gasteiger partial charge in [0.15, 0.2) is 5.82 Å². The molecule has 0 unspecified atom stereocenters. The average molecular weight is 286 g/mol. The molecule has 0 radical (unpaired) electrons. The number of nitrogens with zero attached hydrogens (tertiary/aromatic N) is 4. The van der Waals surface area contributed by atoms with E-state index in [0.717, 1.165) is 17.2 Å². The molecular weight excluding hydrogens is 271 g/mol. The van der Waals surface area contributed by atoms with Crippen LogP contribution in [0.15, 0.2) is 36.9 Å². The van der Waals surface area contributed by atoms with E-state index >= 15 is 0 Å². The van der Waals surface area contributed by atoms with E-state index in [0.29, 0.717) is 26.1 Å². The molecule has 2 aromatic rings. The number of benzene rings is 1. The molecule has 6 heteroatoms. The summed E-state index contributed by atoms with van der Waals surface area (Å²) in [6, 6.07) is 6.46. The van der Waals surface area contributed by atoms with Gasteiger partial charge in [0.25, 0.3) is 0 Å². The molecule has 108 valence electrons. The number of carbonyl (C=O) groups is 1. The van der Waals surface area contributed by atoms with Crippen LogP contribution >= 0.6 is 0 Å². The lowest BCUT2D eigenvalue weighted by Crippen LogP contribution is -2.37. The fraction of sp³-hybridized carbons (Fsp3) is 0.267. The monoisotopic (exact) mass is 286 g/mol. The van der Waals surface area contributed by atoms with Gasteiger partial charge in [0, 0.05) is 19.5 Å². The standard InChI is InChI=1S/C15H15FN4O/c1-2-15(21)19-6-7-20-13(17-18-14(20)10-19)9-11-4-3-5-12(16)8-11/h2-5,8H,1,6-7,9-10H2. The highest BCUT2D eigenvalue weighted by Crippen LogP contribution is 2.16. The number of hydrogen-bond acceptors (Lipinski definition) is 3. The van der Waals surface area contributed by atoms with Crippen molar-refractivity contribution >= 4 is 5.91 Å². The first-order valence-electron chi connectivity index (χ1n) is 6.74. The SMILES string of the molecule is C=CC(=O)N1CCn2c(Cc3cccc(F)c3)nnc2C1. The van der Waals surface area contributed by atoms with E-state index in [4.69, 9.17) is 0 Å². The van der Waals surface area contributed by atoms with Crippen molar-refractivity contribution in [3.8, 4) is 0 Å². The second-order valence-corrected chi connectivity index (χ2v) is 4.95. The summed E-state index contributed by atoms with van der Waals surface area (Å²) >= 11 is 0. The summed E-state index contributed by atoms with van der Waals surface area (Å²) in [5, 5.41) is 8.30. The van der Waals surface area contributed by atoms with Gasteiger partial charge in [-0.15, -0.1) is 10.2 Å². The Kier molecular flexibility index (Phi) is 3.51. The van der Waals surface area contributed by atoms with Crippen molar-refractivity contribution in [1.29, 1.82) is 0 Å². The van der Waals surface area contributed by atoms with Crippen molar-refractivity contribution in [3.63, 3.8) is 0 Å². The summed E-state index contributed by atoms with van der Waals surface area (Å²) < 4.78 is 15.2. The maximum absolute atomic E-state index is 13.2. The number of rotatable bonds is 3. The van der Waals surface area contributed by atoms with Gasteiger partial charge in [-0.05, 0) is 23.8 Å². The number of fused-ring (bicyclic) bond motifs is 1. The highest BCUT2D eigenvalue weighted by atomic mass is 19.1. The van der Waals surface area contributed by atoms with Crippen molar-refractivity contribution < 1.29 is 9.18 Å². The van der Waals surface area contributed by atoms with E-state index < -0.39 is 0 Å². The molecule has 3 rings (SSSR count). The fourth-order valence-electron chi connectivity index (χ4n) is 2.50. The Morgan fingerprint density at radius 3 is 3.00 bits per heavy atom. The van der Waals surface area contributed by atoms with Crippen molar-refractivity contribution in [2.24, 2.45) is 0 Å². The average Bonchev–Trinajstić information content (AvgIpc) is 2.89. The van der Waals surface area contributed by atoms with Gasteiger partial charge in [0.1, 0.15) is 11.6 Å². The first-order chi connectivity index (χ1) is 10.2. The van der Waals surface area contributed by atoms with Gasteiger partial charge in [-0.3, -0.25) is 4.79 Å². The predicted octanol–water partition coefficient (Wildman–Crippen LogP) is 1.54.